The van der Waals surface area contributed by atoms with Crippen molar-refractivity contribution in [1.29, 1.82) is 0 Å². The van der Waals surface area contributed by atoms with Crippen LogP contribution in [0.4, 0.5) is 11.4 Å². The van der Waals surface area contributed by atoms with Gasteiger partial charge in [-0.1, -0.05) is 12.1 Å². The van der Waals surface area contributed by atoms with Crippen LogP contribution in [0.25, 0.3) is 0 Å². The van der Waals surface area contributed by atoms with Crippen molar-refractivity contribution in [3.63, 3.8) is 0 Å². The van der Waals surface area contributed by atoms with Crippen molar-refractivity contribution in [1.82, 2.24) is 0 Å². The molecular formula is C16H16N2O3. The SMILES string of the molecule is Nc1ccc2c(c1)OCCN2Cc1ccc(C(=O)O)cc1. The Hall–Kier alpha value is -2.69. The van der Waals surface area contributed by atoms with Gasteiger partial charge < -0.3 is 20.5 Å². The van der Waals surface area contributed by atoms with Gasteiger partial charge in [0.25, 0.3) is 0 Å². The molecule has 5 heteroatoms. The largest absolute Gasteiger partial charge is 0.489 e. The van der Waals surface area contributed by atoms with E-state index in [0.29, 0.717) is 24.4 Å². The molecule has 0 aliphatic carbocycles. The first-order chi connectivity index (χ1) is 10.1. The molecule has 1 aliphatic heterocycles. The Morgan fingerprint density at radius 2 is 2.00 bits per heavy atom. The first-order valence-electron chi connectivity index (χ1n) is 6.73. The number of carbonyl (C=O) groups is 1. The van der Waals surface area contributed by atoms with Crippen LogP contribution in [0.15, 0.2) is 42.5 Å². The minimum absolute atomic E-state index is 0.300. The van der Waals surface area contributed by atoms with E-state index in [1.807, 2.05) is 30.3 Å². The van der Waals surface area contributed by atoms with Crippen LogP contribution in [0.2, 0.25) is 0 Å². The second kappa shape index (κ2) is 5.36. The van der Waals surface area contributed by atoms with Crippen LogP contribution in [0.5, 0.6) is 5.75 Å². The summed E-state index contributed by atoms with van der Waals surface area (Å²) >= 11 is 0. The van der Waals surface area contributed by atoms with Gasteiger partial charge in [-0.15, -0.1) is 0 Å². The van der Waals surface area contributed by atoms with E-state index in [-0.39, 0.29) is 0 Å². The molecule has 0 atom stereocenters. The fourth-order valence-corrected chi connectivity index (χ4v) is 2.43. The number of aromatic carboxylic acids is 1. The number of hydrogen-bond acceptors (Lipinski definition) is 4. The quantitative estimate of drug-likeness (QED) is 0.846. The van der Waals surface area contributed by atoms with Crippen LogP contribution in [-0.2, 0) is 6.54 Å². The second-order valence-corrected chi connectivity index (χ2v) is 5.00. The first-order valence-corrected chi connectivity index (χ1v) is 6.73. The van der Waals surface area contributed by atoms with E-state index in [1.54, 1.807) is 12.1 Å². The van der Waals surface area contributed by atoms with Crippen molar-refractivity contribution >= 4 is 17.3 Å². The van der Waals surface area contributed by atoms with Crippen LogP contribution in [0.1, 0.15) is 15.9 Å². The molecule has 3 rings (SSSR count). The van der Waals surface area contributed by atoms with Crippen LogP contribution in [0, 0.1) is 0 Å². The molecule has 5 nitrogen and oxygen atoms in total. The van der Waals surface area contributed by atoms with Gasteiger partial charge in [0.05, 0.1) is 17.8 Å². The Balaban J connectivity index is 1.81. The number of rotatable bonds is 3. The van der Waals surface area contributed by atoms with E-state index < -0.39 is 5.97 Å². The van der Waals surface area contributed by atoms with Gasteiger partial charge in [-0.3, -0.25) is 0 Å². The highest BCUT2D eigenvalue weighted by molar-refractivity contribution is 5.87. The lowest BCUT2D eigenvalue weighted by Gasteiger charge is -2.31. The maximum atomic E-state index is 10.9. The second-order valence-electron chi connectivity index (χ2n) is 5.00. The van der Waals surface area contributed by atoms with E-state index >= 15 is 0 Å². The number of nitrogens with zero attached hydrogens (tertiary/aromatic N) is 1. The van der Waals surface area contributed by atoms with E-state index in [0.717, 1.165) is 23.5 Å². The van der Waals surface area contributed by atoms with E-state index in [9.17, 15) is 4.79 Å². The first kappa shape index (κ1) is 13.3. The van der Waals surface area contributed by atoms with Crippen molar-refractivity contribution in [2.75, 3.05) is 23.8 Å². The van der Waals surface area contributed by atoms with Crippen molar-refractivity contribution in [3.8, 4) is 5.75 Å². The summed E-state index contributed by atoms with van der Waals surface area (Å²) in [6, 6.07) is 12.6. The van der Waals surface area contributed by atoms with Crippen molar-refractivity contribution in [2.24, 2.45) is 0 Å². The Morgan fingerprint density at radius 1 is 1.24 bits per heavy atom. The van der Waals surface area contributed by atoms with Gasteiger partial charge in [-0.05, 0) is 29.8 Å². The van der Waals surface area contributed by atoms with E-state index in [4.69, 9.17) is 15.6 Å². The number of hydrogen-bond donors (Lipinski definition) is 2. The molecule has 0 radical (unpaired) electrons. The molecule has 2 aromatic carbocycles. The van der Waals surface area contributed by atoms with Gasteiger partial charge in [-0.2, -0.15) is 0 Å². The topological polar surface area (TPSA) is 75.8 Å². The van der Waals surface area contributed by atoms with Crippen LogP contribution < -0.4 is 15.4 Å². The van der Waals surface area contributed by atoms with Gasteiger partial charge in [0.15, 0.2) is 0 Å². The third-order valence-electron chi connectivity index (χ3n) is 3.52. The summed E-state index contributed by atoms with van der Waals surface area (Å²) in [6.07, 6.45) is 0. The zero-order valence-electron chi connectivity index (χ0n) is 11.5. The van der Waals surface area contributed by atoms with Crippen LogP contribution >= 0.6 is 0 Å². The zero-order valence-corrected chi connectivity index (χ0v) is 11.5. The molecule has 0 bridgehead atoms. The average molecular weight is 284 g/mol. The molecule has 0 fully saturated rings. The summed E-state index contributed by atoms with van der Waals surface area (Å²) in [7, 11) is 0. The summed E-state index contributed by atoms with van der Waals surface area (Å²) in [6.45, 7) is 2.11. The van der Waals surface area contributed by atoms with Crippen molar-refractivity contribution < 1.29 is 14.6 Å². The normalized spacial score (nSPS) is 13.4. The fourth-order valence-electron chi connectivity index (χ4n) is 2.43. The Kier molecular flexibility index (Phi) is 3.39. The van der Waals surface area contributed by atoms with Crippen molar-refractivity contribution in [3.05, 3.63) is 53.6 Å². The highest BCUT2D eigenvalue weighted by atomic mass is 16.5. The average Bonchev–Trinajstić information content (AvgIpc) is 2.47. The number of fused-ring (bicyclic) bond motifs is 1. The monoisotopic (exact) mass is 284 g/mol. The molecule has 21 heavy (non-hydrogen) atoms. The number of nitrogen functional groups attached to an aromatic ring is 1. The maximum absolute atomic E-state index is 10.9. The molecule has 108 valence electrons. The predicted molar refractivity (Wildman–Crippen MR) is 80.8 cm³/mol. The fraction of sp³-hybridized carbons (Fsp3) is 0.188. The summed E-state index contributed by atoms with van der Waals surface area (Å²) in [5.41, 5.74) is 8.82. The molecule has 0 saturated heterocycles. The molecule has 0 aromatic heterocycles. The Morgan fingerprint density at radius 3 is 2.71 bits per heavy atom. The van der Waals surface area contributed by atoms with Gasteiger partial charge in [0, 0.05) is 18.3 Å². The smallest absolute Gasteiger partial charge is 0.335 e. The van der Waals surface area contributed by atoms with Crippen molar-refractivity contribution in [2.45, 2.75) is 6.54 Å². The molecule has 0 unspecified atom stereocenters. The molecule has 2 aromatic rings. The molecule has 1 heterocycles. The lowest BCUT2D eigenvalue weighted by molar-refractivity contribution is 0.0697. The molecule has 0 amide bonds. The molecular weight excluding hydrogens is 268 g/mol. The maximum Gasteiger partial charge on any atom is 0.335 e. The number of carboxylic acids is 1. The lowest BCUT2D eigenvalue weighted by Crippen LogP contribution is -2.32. The highest BCUT2D eigenvalue weighted by Gasteiger charge is 2.18. The lowest BCUT2D eigenvalue weighted by atomic mass is 10.1. The minimum Gasteiger partial charge on any atom is -0.489 e. The number of anilines is 2. The minimum atomic E-state index is -0.909. The van der Waals surface area contributed by atoms with Gasteiger partial charge in [0.1, 0.15) is 12.4 Å². The Labute approximate surface area is 122 Å². The highest BCUT2D eigenvalue weighted by Crippen LogP contribution is 2.34. The summed E-state index contributed by atoms with van der Waals surface area (Å²) in [4.78, 5) is 13.1. The summed E-state index contributed by atoms with van der Waals surface area (Å²) < 4.78 is 5.62. The van der Waals surface area contributed by atoms with Gasteiger partial charge in [0.2, 0.25) is 0 Å². The number of ether oxygens (including phenoxy) is 1. The standard InChI is InChI=1S/C16H16N2O3/c17-13-5-6-14-15(9-13)21-8-7-18(14)10-11-1-3-12(4-2-11)16(19)20/h1-6,9H,7-8,10,17H2,(H,19,20). The number of benzene rings is 2. The van der Waals surface area contributed by atoms with Crippen LogP contribution in [-0.4, -0.2) is 24.2 Å². The van der Waals surface area contributed by atoms with Crippen LogP contribution in [0.3, 0.4) is 0 Å². The van der Waals surface area contributed by atoms with Gasteiger partial charge in [-0.25, -0.2) is 4.79 Å². The van der Waals surface area contributed by atoms with Gasteiger partial charge >= 0.3 is 5.97 Å². The summed E-state index contributed by atoms with van der Waals surface area (Å²) in [5.74, 6) is -0.114. The molecule has 3 N–H and O–H groups in total. The predicted octanol–water partition coefficient (Wildman–Crippen LogP) is 2.37. The molecule has 0 saturated carbocycles. The van der Waals surface area contributed by atoms with E-state index in [1.165, 1.54) is 0 Å². The Bertz CT molecular complexity index is 668. The van der Waals surface area contributed by atoms with E-state index in [2.05, 4.69) is 4.90 Å². The summed E-state index contributed by atoms with van der Waals surface area (Å²) in [5, 5.41) is 8.91. The third kappa shape index (κ3) is 2.76. The zero-order chi connectivity index (χ0) is 14.8. The molecule has 1 aliphatic rings. The third-order valence-corrected chi connectivity index (χ3v) is 3.52. The number of carboxylic acid groups (broad SMARTS) is 1. The number of nitrogens with two attached hydrogens (primary N) is 1. The molecule has 0 spiro atoms.